The van der Waals surface area contributed by atoms with Gasteiger partial charge in [-0.15, -0.1) is 0 Å². The van der Waals surface area contributed by atoms with E-state index >= 15 is 0 Å². The third-order valence-electron chi connectivity index (χ3n) is 4.97. The van der Waals surface area contributed by atoms with E-state index in [-0.39, 0.29) is 22.8 Å². The maximum Gasteiger partial charge on any atom is 0.271 e. The van der Waals surface area contributed by atoms with Gasteiger partial charge in [-0.25, -0.2) is 4.98 Å². The van der Waals surface area contributed by atoms with Crippen LogP contribution in [-0.4, -0.2) is 25.2 Å². The lowest BCUT2D eigenvalue weighted by molar-refractivity contribution is -0.384. The van der Waals surface area contributed by atoms with Crippen LogP contribution in [0.5, 0.6) is 5.75 Å². The number of oxazole rings is 1. The molecular weight excluding hydrogens is 770 g/mol. The van der Waals surface area contributed by atoms with Crippen molar-refractivity contribution in [2.45, 2.75) is 0 Å². The number of nitro benzene ring substituents is 2. The number of aromatic hydroxyl groups is 1. The second-order valence-electron chi connectivity index (χ2n) is 7.72. The summed E-state index contributed by atoms with van der Waals surface area (Å²) in [6.07, 6.45) is 0. The van der Waals surface area contributed by atoms with Gasteiger partial charge in [-0.05, 0) is 117 Å². The Labute approximate surface area is 258 Å². The fourth-order valence-electron chi connectivity index (χ4n) is 2.98. The van der Waals surface area contributed by atoms with Gasteiger partial charge in [-0.2, -0.15) is 0 Å². The molecule has 0 aliphatic carbocycles. The van der Waals surface area contributed by atoms with Crippen LogP contribution in [0.15, 0.2) is 89.3 Å². The van der Waals surface area contributed by atoms with Gasteiger partial charge in [0.1, 0.15) is 11.3 Å². The molecule has 11 nitrogen and oxygen atoms in total. The van der Waals surface area contributed by atoms with E-state index in [2.05, 4.69) is 50.2 Å². The first-order chi connectivity index (χ1) is 18.9. The lowest BCUT2D eigenvalue weighted by Gasteiger charge is -1.96. The molecule has 4 aromatic carbocycles. The van der Waals surface area contributed by atoms with E-state index in [4.69, 9.17) is 26.9 Å². The lowest BCUT2D eigenvalue weighted by Crippen LogP contribution is -1.90. The molecule has 14 heteroatoms. The Bertz CT molecular complexity index is 1680. The average Bonchev–Trinajstić information content (AvgIpc) is 3.35. The highest BCUT2D eigenvalue weighted by atomic mass is 127. The predicted molar refractivity (Wildman–Crippen MR) is 167 cm³/mol. The van der Waals surface area contributed by atoms with Gasteiger partial charge < -0.3 is 15.3 Å². The maximum atomic E-state index is 10.7. The smallest absolute Gasteiger partial charge is 0.271 e. The number of nitrogen functional groups attached to an aromatic ring is 1. The summed E-state index contributed by atoms with van der Waals surface area (Å²) in [5.74, 6) is 0.322. The molecule has 0 aliphatic heterocycles. The van der Waals surface area contributed by atoms with Crippen molar-refractivity contribution in [1.29, 1.82) is 0 Å². The molecule has 0 saturated heterocycles. The van der Waals surface area contributed by atoms with Gasteiger partial charge in [0.05, 0.1) is 15.5 Å². The van der Waals surface area contributed by atoms with Crippen molar-refractivity contribution in [3.8, 4) is 17.2 Å². The molecule has 3 N–H and O–H groups in total. The van der Waals surface area contributed by atoms with Crippen LogP contribution in [0.1, 0.15) is 10.4 Å². The van der Waals surface area contributed by atoms with E-state index in [1.165, 1.54) is 24.3 Å². The number of phenolic OH excluding ortho intramolecular Hbond substituents is 1. The number of carbonyl (C=O) groups excluding carboxylic acids is 1. The second-order valence-corrected chi connectivity index (χ2v) is 10.6. The normalized spacial score (nSPS) is 10.1. The molecule has 0 unspecified atom stereocenters. The number of halogens is 3. The number of hydrogen-bond donors (Lipinski definition) is 2. The summed E-state index contributed by atoms with van der Waals surface area (Å²) in [7, 11) is 0. The number of fused-ring (bicyclic) bond motifs is 1. The first-order valence-corrected chi connectivity index (χ1v) is 13.5. The molecule has 0 radical (unpaired) electrons. The molecule has 40 heavy (non-hydrogen) atoms. The Kier molecular flexibility index (Phi) is 10.7. The molecule has 1 aromatic heterocycles. The molecule has 0 atom stereocenters. The van der Waals surface area contributed by atoms with Crippen LogP contribution in [0.25, 0.3) is 22.6 Å². The van der Waals surface area contributed by atoms with E-state index in [9.17, 15) is 25.0 Å². The fourth-order valence-corrected chi connectivity index (χ4v) is 3.83. The number of nitrogens with two attached hydrogens (primary N) is 1. The zero-order valence-corrected chi connectivity index (χ0v) is 25.1. The molecule has 0 saturated carbocycles. The molecule has 5 rings (SSSR count). The summed E-state index contributed by atoms with van der Waals surface area (Å²) in [6.45, 7) is 0. The largest absolute Gasteiger partial charge is 0.506 e. The van der Waals surface area contributed by atoms with E-state index in [1.54, 1.807) is 18.2 Å². The lowest BCUT2D eigenvalue weighted by atomic mass is 10.2. The van der Waals surface area contributed by atoms with Gasteiger partial charge in [0.2, 0.25) is 5.89 Å². The van der Waals surface area contributed by atoms with Gasteiger partial charge >= 0.3 is 0 Å². The Morgan fingerprint density at radius 2 is 1.38 bits per heavy atom. The summed E-state index contributed by atoms with van der Waals surface area (Å²) in [5, 5.41) is 29.3. The second kappa shape index (κ2) is 14.0. The van der Waals surface area contributed by atoms with Crippen LogP contribution in [0.2, 0.25) is 0 Å². The molecule has 0 fully saturated rings. The first kappa shape index (κ1) is 30.7. The molecule has 0 aliphatic rings. The highest BCUT2D eigenvalue weighted by molar-refractivity contribution is 14.1. The predicted octanol–water partition coefficient (Wildman–Crippen LogP) is 7.56. The number of nitrogens with zero attached hydrogens (tertiary/aromatic N) is 3. The summed E-state index contributed by atoms with van der Waals surface area (Å²) >= 11 is 9.60. The number of nitro groups is 2. The first-order valence-electron chi connectivity index (χ1n) is 10.9. The van der Waals surface area contributed by atoms with Gasteiger partial charge in [0.15, 0.2) is 5.58 Å². The molecule has 0 spiro atoms. The van der Waals surface area contributed by atoms with Gasteiger partial charge in [0, 0.05) is 42.5 Å². The van der Waals surface area contributed by atoms with Crippen LogP contribution < -0.4 is 5.73 Å². The van der Waals surface area contributed by atoms with Crippen molar-refractivity contribution in [2.75, 3.05) is 5.73 Å². The van der Waals surface area contributed by atoms with Crippen LogP contribution in [0.3, 0.4) is 0 Å². The SMILES string of the molecule is Nc1cc([N+](=O)[O-])ccc1O.O=C(Cl)c1ccc(I)cc1.O=[N+]([O-])c1ccc2oc(-c3ccc(I)cc3)nc2c1. The summed E-state index contributed by atoms with van der Waals surface area (Å²) in [4.78, 5) is 34.6. The molecule has 1 heterocycles. The highest BCUT2D eigenvalue weighted by Gasteiger charge is 2.12. The molecule has 5 aromatic rings. The number of anilines is 1. The van der Waals surface area contributed by atoms with Gasteiger partial charge in [-0.3, -0.25) is 25.0 Å². The standard InChI is InChI=1S/C13H7IN2O3.C7H4ClIO.C6H6N2O3/c14-9-3-1-8(2-4-9)13-15-11-7-10(16(17)18)5-6-12(11)19-13;8-7(10)5-1-3-6(9)4-2-5;7-5-3-4(8(10)11)1-2-6(5)9/h1-7H;1-4H;1-3,9H,7H2. The Morgan fingerprint density at radius 3 is 1.90 bits per heavy atom. The topological polar surface area (TPSA) is 176 Å². The number of non-ortho nitro benzene ring substituents is 2. The van der Waals surface area contributed by atoms with Crippen LogP contribution in [0, 0.1) is 27.4 Å². The van der Waals surface area contributed by atoms with Crippen molar-refractivity contribution >= 4 is 90.2 Å². The Morgan fingerprint density at radius 1 is 0.850 bits per heavy atom. The summed E-state index contributed by atoms with van der Waals surface area (Å²) < 4.78 is 7.81. The van der Waals surface area contributed by atoms with Gasteiger partial charge in [-0.1, -0.05) is 0 Å². The summed E-state index contributed by atoms with van der Waals surface area (Å²) in [5.41, 5.74) is 7.52. The van der Waals surface area contributed by atoms with E-state index in [0.717, 1.165) is 18.8 Å². The van der Waals surface area contributed by atoms with Crippen molar-refractivity contribution in [2.24, 2.45) is 0 Å². The Balaban J connectivity index is 0.000000180. The third-order valence-corrected chi connectivity index (χ3v) is 6.62. The number of phenols is 1. The van der Waals surface area contributed by atoms with Gasteiger partial charge in [0.25, 0.3) is 16.6 Å². The van der Waals surface area contributed by atoms with Crippen molar-refractivity contribution < 1.29 is 24.2 Å². The molecule has 0 bridgehead atoms. The number of aromatic nitrogens is 1. The van der Waals surface area contributed by atoms with E-state index < -0.39 is 15.1 Å². The van der Waals surface area contributed by atoms with Crippen LogP contribution in [0.4, 0.5) is 17.1 Å². The zero-order valence-electron chi connectivity index (χ0n) is 20.0. The molecule has 0 amide bonds. The number of benzene rings is 4. The molecule has 204 valence electrons. The fraction of sp³-hybridized carbons (Fsp3) is 0. The quantitative estimate of drug-likeness (QED) is 0.0465. The number of carbonyl (C=O) groups is 1. The summed E-state index contributed by atoms with van der Waals surface area (Å²) in [6, 6.07) is 22.7. The average molecular weight is 787 g/mol. The van der Waals surface area contributed by atoms with E-state index in [0.29, 0.717) is 22.6 Å². The minimum Gasteiger partial charge on any atom is -0.506 e. The van der Waals surface area contributed by atoms with E-state index in [1.807, 2.05) is 36.4 Å². The highest BCUT2D eigenvalue weighted by Crippen LogP contribution is 2.27. The zero-order chi connectivity index (χ0) is 29.4. The third kappa shape index (κ3) is 8.59. The Hall–Kier alpha value is -3.83. The number of hydrogen-bond acceptors (Lipinski definition) is 9. The van der Waals surface area contributed by atoms with Crippen molar-refractivity contribution in [3.63, 3.8) is 0 Å². The molecular formula is C26H17ClI2N4O7. The van der Waals surface area contributed by atoms with Crippen LogP contribution in [-0.2, 0) is 0 Å². The van der Waals surface area contributed by atoms with Crippen LogP contribution >= 0.6 is 56.8 Å². The monoisotopic (exact) mass is 786 g/mol. The van der Waals surface area contributed by atoms with Crippen molar-refractivity contribution in [1.82, 2.24) is 4.98 Å². The minimum absolute atomic E-state index is 0.00922. The maximum absolute atomic E-state index is 10.7. The van der Waals surface area contributed by atoms with Crippen molar-refractivity contribution in [3.05, 3.63) is 118 Å². The minimum atomic E-state index is -0.574. The number of rotatable bonds is 4.